The largest absolute Gasteiger partial charge is 0.376 e. The Bertz CT molecular complexity index is 1150. The van der Waals surface area contributed by atoms with E-state index in [4.69, 9.17) is 4.74 Å². The highest BCUT2D eigenvalue weighted by Gasteiger charge is 2.26. The molecule has 1 N–H and O–H groups in total. The van der Waals surface area contributed by atoms with Crippen LogP contribution in [0, 0.1) is 31.0 Å². The van der Waals surface area contributed by atoms with Crippen LogP contribution < -0.4 is 10.2 Å². The highest BCUT2D eigenvalue weighted by atomic mass is 19.1. The zero-order valence-corrected chi connectivity index (χ0v) is 20.6. The normalized spacial score (nSPS) is 18.5. The fraction of sp³-hybridized carbons (Fsp3) is 0.500. The number of nitrogens with zero attached hydrogens (tertiary/aromatic N) is 4. The first kappa shape index (κ1) is 24.9. The zero-order valence-electron chi connectivity index (χ0n) is 20.6. The van der Waals surface area contributed by atoms with Crippen molar-refractivity contribution in [1.29, 1.82) is 5.26 Å². The van der Waals surface area contributed by atoms with Gasteiger partial charge in [-0.2, -0.15) is 5.26 Å². The molecule has 0 saturated carbocycles. The number of hydrogen-bond donors (Lipinski definition) is 1. The number of rotatable bonds is 7. The van der Waals surface area contributed by atoms with Gasteiger partial charge in [-0.3, -0.25) is 14.5 Å². The second kappa shape index (κ2) is 10.6. The molecule has 1 amide bonds. The summed E-state index contributed by atoms with van der Waals surface area (Å²) in [6, 6.07) is 6.81. The number of piperazine rings is 1. The van der Waals surface area contributed by atoms with Gasteiger partial charge in [-0.1, -0.05) is 0 Å². The van der Waals surface area contributed by atoms with Crippen molar-refractivity contribution in [3.05, 3.63) is 46.4 Å². The summed E-state index contributed by atoms with van der Waals surface area (Å²) in [7, 11) is 0. The maximum Gasteiger partial charge on any atom is 0.239 e. The fourth-order valence-electron chi connectivity index (χ4n) is 4.85. The monoisotopic (exact) mass is 481 g/mol. The first-order chi connectivity index (χ1) is 16.8. The number of Topliss-reactive ketones (excluding diaryl/α,β-unsaturated/α-hetero) is 1. The Morgan fingerprint density at radius 1 is 1.23 bits per heavy atom. The number of carbonyl (C=O) groups is 2. The van der Waals surface area contributed by atoms with Crippen molar-refractivity contribution < 1.29 is 18.7 Å². The molecule has 1 atom stereocenters. The lowest BCUT2D eigenvalue weighted by atomic mass is 10.1. The van der Waals surface area contributed by atoms with Crippen molar-refractivity contribution in [3.63, 3.8) is 0 Å². The lowest BCUT2D eigenvalue weighted by Crippen LogP contribution is -2.49. The standard InChI is InChI=1S/C26H32FN5O3/c1-17-18(2)32(15-21-5-4-12-35-21)26(22(17)14-28)29-25(34)16-30-8-10-31(11-9-30)24-7-6-20(19(3)33)13-23(24)27/h6-7,13,21H,4-5,8-12,15-16H2,1-3H3,(H,29,34)/t21-/m0/s1. The van der Waals surface area contributed by atoms with Gasteiger partial charge in [0.15, 0.2) is 5.78 Å². The van der Waals surface area contributed by atoms with Gasteiger partial charge in [-0.15, -0.1) is 0 Å². The van der Waals surface area contributed by atoms with Crippen LogP contribution in [-0.2, 0) is 16.1 Å². The van der Waals surface area contributed by atoms with Crippen LogP contribution in [0.2, 0.25) is 0 Å². The van der Waals surface area contributed by atoms with Crippen LogP contribution in [0.5, 0.6) is 0 Å². The molecule has 0 spiro atoms. The SMILES string of the molecule is CC(=O)c1ccc(N2CCN(CC(=O)Nc3c(C#N)c(C)c(C)n3C[C@@H]3CCCO3)CC2)c(F)c1. The number of nitrogens with one attached hydrogen (secondary N) is 1. The number of nitriles is 1. The van der Waals surface area contributed by atoms with Crippen molar-refractivity contribution in [1.82, 2.24) is 9.47 Å². The van der Waals surface area contributed by atoms with Gasteiger partial charge in [0.1, 0.15) is 17.7 Å². The van der Waals surface area contributed by atoms with Crippen LogP contribution >= 0.6 is 0 Å². The van der Waals surface area contributed by atoms with E-state index in [1.54, 1.807) is 12.1 Å². The van der Waals surface area contributed by atoms with Gasteiger partial charge in [-0.25, -0.2) is 4.39 Å². The van der Waals surface area contributed by atoms with Crippen molar-refractivity contribution in [2.75, 3.05) is 49.5 Å². The van der Waals surface area contributed by atoms with E-state index < -0.39 is 5.82 Å². The molecule has 1 aromatic heterocycles. The minimum absolute atomic E-state index is 0.0840. The lowest BCUT2D eigenvalue weighted by Gasteiger charge is -2.35. The topological polar surface area (TPSA) is 90.6 Å². The number of ketones is 1. The van der Waals surface area contributed by atoms with Crippen molar-refractivity contribution in [2.24, 2.45) is 0 Å². The van der Waals surface area contributed by atoms with Crippen molar-refractivity contribution in [2.45, 2.75) is 46.3 Å². The molecule has 3 heterocycles. The average molecular weight is 482 g/mol. The maximum absolute atomic E-state index is 14.5. The van der Waals surface area contributed by atoms with Gasteiger partial charge in [0, 0.05) is 44.0 Å². The molecule has 35 heavy (non-hydrogen) atoms. The lowest BCUT2D eigenvalue weighted by molar-refractivity contribution is -0.117. The number of halogens is 1. The van der Waals surface area contributed by atoms with E-state index in [1.165, 1.54) is 13.0 Å². The summed E-state index contributed by atoms with van der Waals surface area (Å²) in [5, 5.41) is 12.7. The van der Waals surface area contributed by atoms with E-state index in [0.717, 1.165) is 30.7 Å². The first-order valence-electron chi connectivity index (χ1n) is 12.1. The minimum Gasteiger partial charge on any atom is -0.376 e. The fourth-order valence-corrected chi connectivity index (χ4v) is 4.85. The minimum atomic E-state index is -0.411. The van der Waals surface area contributed by atoms with Crippen LogP contribution in [0.1, 0.15) is 46.9 Å². The quantitative estimate of drug-likeness (QED) is 0.611. The molecule has 0 radical (unpaired) electrons. The summed E-state index contributed by atoms with van der Waals surface area (Å²) >= 11 is 0. The summed E-state index contributed by atoms with van der Waals surface area (Å²) in [5.41, 5.74) is 3.14. The summed E-state index contributed by atoms with van der Waals surface area (Å²) in [6.07, 6.45) is 2.07. The summed E-state index contributed by atoms with van der Waals surface area (Å²) in [4.78, 5) is 28.4. The third-order valence-corrected chi connectivity index (χ3v) is 7.04. The number of ether oxygens (including phenoxy) is 1. The van der Waals surface area contributed by atoms with Gasteiger partial charge in [0.25, 0.3) is 0 Å². The molecule has 0 aliphatic carbocycles. The van der Waals surface area contributed by atoms with Crippen LogP contribution in [0.4, 0.5) is 15.9 Å². The Hall–Kier alpha value is -3.22. The molecular weight excluding hydrogens is 449 g/mol. The van der Waals surface area contributed by atoms with Gasteiger partial charge >= 0.3 is 0 Å². The zero-order chi connectivity index (χ0) is 25.1. The molecule has 2 aliphatic rings. The average Bonchev–Trinajstić information content (AvgIpc) is 3.42. The molecule has 9 heteroatoms. The Balaban J connectivity index is 1.38. The van der Waals surface area contributed by atoms with E-state index in [9.17, 15) is 19.2 Å². The molecule has 2 saturated heterocycles. The molecule has 2 aliphatic heterocycles. The van der Waals surface area contributed by atoms with Crippen molar-refractivity contribution in [3.8, 4) is 6.07 Å². The molecule has 4 rings (SSSR count). The highest BCUT2D eigenvalue weighted by molar-refractivity contribution is 5.94. The predicted molar refractivity (Wildman–Crippen MR) is 131 cm³/mol. The molecule has 186 valence electrons. The smallest absolute Gasteiger partial charge is 0.239 e. The van der Waals surface area contributed by atoms with Crippen LogP contribution in [-0.4, -0.2) is 66.6 Å². The van der Waals surface area contributed by atoms with Crippen LogP contribution in [0.3, 0.4) is 0 Å². The van der Waals surface area contributed by atoms with E-state index in [0.29, 0.717) is 55.4 Å². The summed E-state index contributed by atoms with van der Waals surface area (Å²) in [5.74, 6) is -0.226. The maximum atomic E-state index is 14.5. The molecule has 1 aromatic carbocycles. The summed E-state index contributed by atoms with van der Waals surface area (Å²) < 4.78 is 22.3. The molecule has 0 unspecified atom stereocenters. The molecule has 2 aromatic rings. The van der Waals surface area contributed by atoms with Crippen LogP contribution in [0.25, 0.3) is 0 Å². The van der Waals surface area contributed by atoms with Crippen molar-refractivity contribution >= 4 is 23.2 Å². The van der Waals surface area contributed by atoms with Gasteiger partial charge in [-0.05, 0) is 57.4 Å². The Morgan fingerprint density at radius 3 is 2.57 bits per heavy atom. The Labute approximate surface area is 205 Å². The van der Waals surface area contributed by atoms with E-state index >= 15 is 0 Å². The third kappa shape index (κ3) is 5.39. The Morgan fingerprint density at radius 2 is 1.97 bits per heavy atom. The number of amides is 1. The van der Waals surface area contributed by atoms with E-state index in [2.05, 4.69) is 11.4 Å². The molecule has 0 bridgehead atoms. The Kier molecular flexibility index (Phi) is 7.53. The molecule has 8 nitrogen and oxygen atoms in total. The van der Waals surface area contributed by atoms with E-state index in [-0.39, 0.29) is 24.3 Å². The van der Waals surface area contributed by atoms with E-state index in [1.807, 2.05) is 28.2 Å². The second-order valence-electron chi connectivity index (χ2n) is 9.33. The first-order valence-corrected chi connectivity index (χ1v) is 12.1. The number of aromatic nitrogens is 1. The molecule has 2 fully saturated rings. The number of benzene rings is 1. The second-order valence-corrected chi connectivity index (χ2v) is 9.33. The predicted octanol–water partition coefficient (Wildman–Crippen LogP) is 3.26. The number of carbonyl (C=O) groups excluding carboxylic acids is 2. The van der Waals surface area contributed by atoms with Gasteiger partial charge in [0.05, 0.1) is 30.4 Å². The van der Waals surface area contributed by atoms with Crippen LogP contribution in [0.15, 0.2) is 18.2 Å². The number of anilines is 2. The third-order valence-electron chi connectivity index (χ3n) is 7.04. The molecular formula is C26H32FN5O3. The van der Waals surface area contributed by atoms with Gasteiger partial charge < -0.3 is 19.5 Å². The van der Waals surface area contributed by atoms with Gasteiger partial charge in [0.2, 0.25) is 5.91 Å². The number of hydrogen-bond acceptors (Lipinski definition) is 6. The highest BCUT2D eigenvalue weighted by Crippen LogP contribution is 2.28. The summed E-state index contributed by atoms with van der Waals surface area (Å²) in [6.45, 7) is 9.15.